The van der Waals surface area contributed by atoms with E-state index < -0.39 is 0 Å². The summed E-state index contributed by atoms with van der Waals surface area (Å²) in [5.41, 5.74) is 2.27. The Morgan fingerprint density at radius 1 is 1.04 bits per heavy atom. The van der Waals surface area contributed by atoms with Gasteiger partial charge in [0.2, 0.25) is 5.56 Å². The van der Waals surface area contributed by atoms with Crippen LogP contribution in [0.1, 0.15) is 13.3 Å². The standard InChI is InChI=1S/C20H19NO4/c1-2-7-23-17-6-4-3-5-13(17)14-11-20(22)21-16-12-19-18(10-15(14)16)24-8-9-25-19/h3-6,10-12H,2,7-9H2,1H3,(H,21,22). The molecule has 1 aromatic heterocycles. The van der Waals surface area contributed by atoms with Gasteiger partial charge in [0.1, 0.15) is 19.0 Å². The maximum absolute atomic E-state index is 12.2. The van der Waals surface area contributed by atoms with Crippen LogP contribution in [0.15, 0.2) is 47.3 Å². The minimum absolute atomic E-state index is 0.163. The van der Waals surface area contributed by atoms with Crippen molar-refractivity contribution in [2.75, 3.05) is 19.8 Å². The molecule has 0 bridgehead atoms. The zero-order valence-corrected chi connectivity index (χ0v) is 14.0. The van der Waals surface area contributed by atoms with Crippen molar-refractivity contribution in [3.8, 4) is 28.4 Å². The molecule has 1 N–H and O–H groups in total. The first-order chi connectivity index (χ1) is 12.3. The van der Waals surface area contributed by atoms with Gasteiger partial charge in [0.15, 0.2) is 11.5 Å². The third kappa shape index (κ3) is 2.93. The molecule has 25 heavy (non-hydrogen) atoms. The molecule has 0 amide bonds. The van der Waals surface area contributed by atoms with Crippen molar-refractivity contribution in [2.45, 2.75) is 13.3 Å². The molecular weight excluding hydrogens is 318 g/mol. The van der Waals surface area contributed by atoms with E-state index in [0.717, 1.165) is 34.2 Å². The number of ether oxygens (including phenoxy) is 3. The van der Waals surface area contributed by atoms with Crippen LogP contribution in [-0.2, 0) is 0 Å². The van der Waals surface area contributed by atoms with E-state index in [2.05, 4.69) is 11.9 Å². The van der Waals surface area contributed by atoms with Gasteiger partial charge in [-0.3, -0.25) is 4.79 Å². The Morgan fingerprint density at radius 2 is 1.80 bits per heavy atom. The molecule has 0 saturated heterocycles. The summed E-state index contributed by atoms with van der Waals surface area (Å²) in [6.45, 7) is 3.73. The smallest absolute Gasteiger partial charge is 0.249 e. The number of benzene rings is 2. The summed E-state index contributed by atoms with van der Waals surface area (Å²) in [7, 11) is 0. The highest BCUT2D eigenvalue weighted by Gasteiger charge is 2.17. The lowest BCUT2D eigenvalue weighted by Gasteiger charge is -2.20. The van der Waals surface area contributed by atoms with Crippen LogP contribution in [0.2, 0.25) is 0 Å². The summed E-state index contributed by atoms with van der Waals surface area (Å²) >= 11 is 0. The van der Waals surface area contributed by atoms with Crippen LogP contribution in [0.4, 0.5) is 0 Å². The van der Waals surface area contributed by atoms with Crippen LogP contribution in [-0.4, -0.2) is 24.8 Å². The van der Waals surface area contributed by atoms with Gasteiger partial charge >= 0.3 is 0 Å². The molecule has 2 heterocycles. The molecule has 0 fully saturated rings. The molecule has 1 aliphatic heterocycles. The monoisotopic (exact) mass is 337 g/mol. The predicted molar refractivity (Wildman–Crippen MR) is 96.8 cm³/mol. The Morgan fingerprint density at radius 3 is 2.60 bits per heavy atom. The highest BCUT2D eigenvalue weighted by Crippen LogP contribution is 2.39. The summed E-state index contributed by atoms with van der Waals surface area (Å²) in [6.07, 6.45) is 0.920. The average Bonchev–Trinajstić information content (AvgIpc) is 2.64. The zero-order valence-electron chi connectivity index (χ0n) is 14.0. The van der Waals surface area contributed by atoms with Crippen molar-refractivity contribution in [2.24, 2.45) is 0 Å². The number of pyridine rings is 1. The van der Waals surface area contributed by atoms with Gasteiger partial charge in [-0.15, -0.1) is 0 Å². The maximum atomic E-state index is 12.2. The number of aromatic nitrogens is 1. The number of H-pyrrole nitrogens is 1. The summed E-state index contributed by atoms with van der Waals surface area (Å²) in [6, 6.07) is 13.1. The number of hydrogen-bond donors (Lipinski definition) is 1. The van der Waals surface area contributed by atoms with Crippen molar-refractivity contribution in [1.29, 1.82) is 0 Å². The fraction of sp³-hybridized carbons (Fsp3) is 0.250. The number of nitrogens with one attached hydrogen (secondary N) is 1. The summed E-state index contributed by atoms with van der Waals surface area (Å²) in [5.74, 6) is 2.12. The maximum Gasteiger partial charge on any atom is 0.249 e. The fourth-order valence-electron chi connectivity index (χ4n) is 3.04. The Bertz CT molecular complexity index is 977. The predicted octanol–water partition coefficient (Wildman–Crippen LogP) is 3.76. The number of fused-ring (bicyclic) bond motifs is 2. The average molecular weight is 337 g/mol. The molecule has 0 radical (unpaired) electrons. The van der Waals surface area contributed by atoms with Crippen LogP contribution < -0.4 is 19.8 Å². The van der Waals surface area contributed by atoms with Crippen molar-refractivity contribution >= 4 is 10.9 Å². The first-order valence-corrected chi connectivity index (χ1v) is 8.45. The van der Waals surface area contributed by atoms with E-state index in [1.54, 1.807) is 6.07 Å². The molecule has 0 unspecified atom stereocenters. The van der Waals surface area contributed by atoms with E-state index >= 15 is 0 Å². The summed E-state index contributed by atoms with van der Waals surface area (Å²) in [5, 5.41) is 0.899. The molecule has 128 valence electrons. The lowest BCUT2D eigenvalue weighted by molar-refractivity contribution is 0.172. The number of hydrogen-bond acceptors (Lipinski definition) is 4. The van der Waals surface area contributed by atoms with Gasteiger partial charge in [-0.1, -0.05) is 25.1 Å². The molecular formula is C20H19NO4. The second-order valence-electron chi connectivity index (χ2n) is 5.93. The summed E-state index contributed by atoms with van der Waals surface area (Å²) in [4.78, 5) is 15.1. The van der Waals surface area contributed by atoms with Crippen molar-refractivity contribution in [3.63, 3.8) is 0 Å². The van der Waals surface area contributed by atoms with Gasteiger partial charge in [0.05, 0.1) is 12.1 Å². The van der Waals surface area contributed by atoms with Crippen LogP contribution >= 0.6 is 0 Å². The van der Waals surface area contributed by atoms with Gasteiger partial charge in [-0.05, 0) is 18.6 Å². The van der Waals surface area contributed by atoms with Gasteiger partial charge < -0.3 is 19.2 Å². The van der Waals surface area contributed by atoms with Crippen LogP contribution in [0.5, 0.6) is 17.2 Å². The quantitative estimate of drug-likeness (QED) is 0.787. The SMILES string of the molecule is CCCOc1ccccc1-c1cc(=O)[nH]c2cc3c(cc12)OCCO3. The van der Waals surface area contributed by atoms with Gasteiger partial charge in [0, 0.05) is 28.6 Å². The molecule has 4 rings (SSSR count). The Labute approximate surface area is 145 Å². The minimum Gasteiger partial charge on any atom is -0.493 e. The van der Waals surface area contributed by atoms with E-state index in [1.165, 1.54) is 0 Å². The normalized spacial score (nSPS) is 13.0. The van der Waals surface area contributed by atoms with Crippen molar-refractivity contribution in [3.05, 3.63) is 52.8 Å². The Hall–Kier alpha value is -2.95. The van der Waals surface area contributed by atoms with Crippen LogP contribution in [0.25, 0.3) is 22.0 Å². The molecule has 5 nitrogen and oxygen atoms in total. The highest BCUT2D eigenvalue weighted by atomic mass is 16.6. The summed E-state index contributed by atoms with van der Waals surface area (Å²) < 4.78 is 17.2. The molecule has 0 spiro atoms. The van der Waals surface area contributed by atoms with E-state index in [1.807, 2.05) is 36.4 Å². The minimum atomic E-state index is -0.163. The molecule has 0 atom stereocenters. The van der Waals surface area contributed by atoms with Gasteiger partial charge in [-0.2, -0.15) is 0 Å². The molecule has 3 aromatic rings. The largest absolute Gasteiger partial charge is 0.493 e. The van der Waals surface area contributed by atoms with E-state index in [4.69, 9.17) is 14.2 Å². The van der Waals surface area contributed by atoms with E-state index in [9.17, 15) is 4.79 Å². The second kappa shape index (κ2) is 6.51. The van der Waals surface area contributed by atoms with Crippen LogP contribution in [0, 0.1) is 0 Å². The Balaban J connectivity index is 1.94. The zero-order chi connectivity index (χ0) is 17.2. The number of rotatable bonds is 4. The van der Waals surface area contributed by atoms with Crippen molar-refractivity contribution in [1.82, 2.24) is 4.98 Å². The fourth-order valence-corrected chi connectivity index (χ4v) is 3.04. The third-order valence-electron chi connectivity index (χ3n) is 4.14. The highest BCUT2D eigenvalue weighted by molar-refractivity contribution is 5.97. The van der Waals surface area contributed by atoms with E-state index in [0.29, 0.717) is 31.3 Å². The third-order valence-corrected chi connectivity index (χ3v) is 4.14. The molecule has 0 aliphatic carbocycles. The number of aromatic amines is 1. The van der Waals surface area contributed by atoms with Crippen LogP contribution in [0.3, 0.4) is 0 Å². The number of para-hydroxylation sites is 1. The second-order valence-corrected chi connectivity index (χ2v) is 5.93. The van der Waals surface area contributed by atoms with Crippen molar-refractivity contribution < 1.29 is 14.2 Å². The lowest BCUT2D eigenvalue weighted by Crippen LogP contribution is -2.15. The molecule has 5 heteroatoms. The van der Waals surface area contributed by atoms with Gasteiger partial charge in [-0.25, -0.2) is 0 Å². The Kier molecular flexibility index (Phi) is 4.06. The molecule has 2 aromatic carbocycles. The topological polar surface area (TPSA) is 60.6 Å². The molecule has 1 aliphatic rings. The first-order valence-electron chi connectivity index (χ1n) is 8.45. The van der Waals surface area contributed by atoms with Gasteiger partial charge in [0.25, 0.3) is 0 Å². The van der Waals surface area contributed by atoms with E-state index in [-0.39, 0.29) is 5.56 Å². The lowest BCUT2D eigenvalue weighted by atomic mass is 10.00. The first kappa shape index (κ1) is 15.6. The molecule has 0 saturated carbocycles.